The number of hydrogen-bond donors (Lipinski definition) is 3. The predicted octanol–water partition coefficient (Wildman–Crippen LogP) is 3.47. The molecule has 0 fully saturated rings. The van der Waals surface area contributed by atoms with Crippen molar-refractivity contribution >= 4 is 29.3 Å². The molecule has 0 saturated carbocycles. The average Bonchev–Trinajstić information content (AvgIpc) is 2.62. The summed E-state index contributed by atoms with van der Waals surface area (Å²) in [5.41, 5.74) is 1.13. The van der Waals surface area contributed by atoms with Gasteiger partial charge < -0.3 is 20.7 Å². The van der Waals surface area contributed by atoms with Crippen LogP contribution >= 0.6 is 0 Å². The van der Waals surface area contributed by atoms with Crippen LogP contribution in [0.1, 0.15) is 26.3 Å². The molecule has 0 aromatic heterocycles. The molecule has 0 bridgehead atoms. The Kier molecular flexibility index (Phi) is 7.30. The molecule has 0 atom stereocenters. The summed E-state index contributed by atoms with van der Waals surface area (Å²) in [7, 11) is 0. The molecule has 2 aromatic rings. The second kappa shape index (κ2) is 9.68. The summed E-state index contributed by atoms with van der Waals surface area (Å²) >= 11 is 0. The number of benzene rings is 2. The van der Waals surface area contributed by atoms with E-state index >= 15 is 0 Å². The van der Waals surface area contributed by atoms with Gasteiger partial charge in [0.05, 0.1) is 6.42 Å². The normalized spacial score (nSPS) is 10.8. The van der Waals surface area contributed by atoms with Crippen LogP contribution in [0.3, 0.4) is 0 Å². The SMILES string of the molecule is CC(C)(C)OC(=O)NCC(=O)Nc1ccc(NC(=O)Cc2ccc(F)cc2)cc1. The summed E-state index contributed by atoms with van der Waals surface area (Å²) < 4.78 is 17.9. The van der Waals surface area contributed by atoms with Crippen LogP contribution in [0.5, 0.6) is 0 Å². The van der Waals surface area contributed by atoms with Crippen molar-refractivity contribution in [2.24, 2.45) is 0 Å². The van der Waals surface area contributed by atoms with Crippen LogP contribution in [-0.2, 0) is 20.7 Å². The van der Waals surface area contributed by atoms with Crippen molar-refractivity contribution in [1.82, 2.24) is 5.32 Å². The fourth-order valence-electron chi connectivity index (χ4n) is 2.30. The third-order valence-electron chi connectivity index (χ3n) is 3.52. The lowest BCUT2D eigenvalue weighted by atomic mass is 10.1. The molecule has 0 saturated heterocycles. The third kappa shape index (κ3) is 8.42. The number of amides is 3. The molecule has 2 rings (SSSR count). The van der Waals surface area contributed by atoms with Crippen molar-refractivity contribution in [3.63, 3.8) is 0 Å². The smallest absolute Gasteiger partial charge is 0.408 e. The van der Waals surface area contributed by atoms with Gasteiger partial charge in [-0.05, 0) is 62.7 Å². The molecule has 7 nitrogen and oxygen atoms in total. The maximum atomic E-state index is 12.9. The van der Waals surface area contributed by atoms with Crippen molar-refractivity contribution in [2.75, 3.05) is 17.2 Å². The Balaban J connectivity index is 1.78. The van der Waals surface area contributed by atoms with Crippen molar-refractivity contribution in [2.45, 2.75) is 32.8 Å². The topological polar surface area (TPSA) is 96.5 Å². The van der Waals surface area contributed by atoms with Crippen LogP contribution in [0.4, 0.5) is 20.6 Å². The van der Waals surface area contributed by atoms with E-state index in [1.165, 1.54) is 12.1 Å². The molecule has 2 aromatic carbocycles. The van der Waals surface area contributed by atoms with Gasteiger partial charge in [0, 0.05) is 11.4 Å². The van der Waals surface area contributed by atoms with Gasteiger partial charge >= 0.3 is 6.09 Å². The van der Waals surface area contributed by atoms with Crippen molar-refractivity contribution in [3.8, 4) is 0 Å². The molecule has 0 unspecified atom stereocenters. The van der Waals surface area contributed by atoms with Gasteiger partial charge in [-0.1, -0.05) is 12.1 Å². The number of ether oxygens (including phenoxy) is 1. The predicted molar refractivity (Wildman–Crippen MR) is 108 cm³/mol. The first kappa shape index (κ1) is 21.9. The fourth-order valence-corrected chi connectivity index (χ4v) is 2.30. The third-order valence-corrected chi connectivity index (χ3v) is 3.52. The molecular weight excluding hydrogens is 377 g/mol. The number of anilines is 2. The van der Waals surface area contributed by atoms with Crippen molar-refractivity contribution in [1.29, 1.82) is 0 Å². The summed E-state index contributed by atoms with van der Waals surface area (Å²) in [6.07, 6.45) is -0.554. The first-order chi connectivity index (χ1) is 13.6. The Morgan fingerprint density at radius 1 is 0.862 bits per heavy atom. The van der Waals surface area contributed by atoms with Gasteiger partial charge in [-0.15, -0.1) is 0 Å². The zero-order valence-electron chi connectivity index (χ0n) is 16.5. The molecule has 3 N–H and O–H groups in total. The van der Waals surface area contributed by atoms with Gasteiger partial charge in [0.15, 0.2) is 0 Å². The standard InChI is InChI=1S/C21H24FN3O4/c1-21(2,3)29-20(28)23-13-19(27)25-17-10-8-16(9-11-17)24-18(26)12-14-4-6-15(22)7-5-14/h4-11H,12-13H2,1-3H3,(H,23,28)(H,24,26)(H,25,27). The highest BCUT2D eigenvalue weighted by Gasteiger charge is 2.16. The van der Waals surface area contributed by atoms with Gasteiger partial charge in [0.1, 0.15) is 18.0 Å². The molecule has 154 valence electrons. The number of rotatable bonds is 6. The van der Waals surface area contributed by atoms with Gasteiger partial charge in [0.25, 0.3) is 0 Å². The maximum Gasteiger partial charge on any atom is 0.408 e. The van der Waals surface area contributed by atoms with Crippen LogP contribution in [0.2, 0.25) is 0 Å². The Morgan fingerprint density at radius 3 is 1.90 bits per heavy atom. The molecule has 0 aliphatic carbocycles. The Morgan fingerprint density at radius 2 is 1.38 bits per heavy atom. The molecule has 0 heterocycles. The van der Waals surface area contributed by atoms with Crippen molar-refractivity contribution < 1.29 is 23.5 Å². The second-order valence-electron chi connectivity index (χ2n) is 7.33. The van der Waals surface area contributed by atoms with Gasteiger partial charge in [-0.2, -0.15) is 0 Å². The second-order valence-corrected chi connectivity index (χ2v) is 7.33. The van der Waals surface area contributed by atoms with E-state index in [0.717, 1.165) is 0 Å². The highest BCUT2D eigenvalue weighted by molar-refractivity contribution is 5.95. The lowest BCUT2D eigenvalue weighted by molar-refractivity contribution is -0.116. The van der Waals surface area contributed by atoms with E-state index in [4.69, 9.17) is 4.74 Å². The number of carbonyl (C=O) groups excluding carboxylic acids is 3. The number of alkyl carbamates (subject to hydrolysis) is 1. The molecule has 8 heteroatoms. The fraction of sp³-hybridized carbons (Fsp3) is 0.286. The van der Waals surface area contributed by atoms with Crippen molar-refractivity contribution in [3.05, 3.63) is 59.9 Å². The Hall–Kier alpha value is -3.42. The van der Waals surface area contributed by atoms with Gasteiger partial charge in [-0.3, -0.25) is 9.59 Å². The Bertz CT molecular complexity index is 859. The molecule has 0 aliphatic rings. The highest BCUT2D eigenvalue weighted by atomic mass is 19.1. The monoisotopic (exact) mass is 401 g/mol. The average molecular weight is 401 g/mol. The summed E-state index contributed by atoms with van der Waals surface area (Å²) in [5, 5.41) is 7.73. The summed E-state index contributed by atoms with van der Waals surface area (Å²) in [4.78, 5) is 35.5. The van der Waals surface area contributed by atoms with E-state index in [-0.39, 0.29) is 24.7 Å². The largest absolute Gasteiger partial charge is 0.444 e. The number of carbonyl (C=O) groups is 3. The molecule has 0 radical (unpaired) electrons. The highest BCUT2D eigenvalue weighted by Crippen LogP contribution is 2.14. The zero-order valence-corrected chi connectivity index (χ0v) is 16.5. The van der Waals surface area contributed by atoms with E-state index in [9.17, 15) is 18.8 Å². The molecule has 29 heavy (non-hydrogen) atoms. The van der Waals surface area contributed by atoms with E-state index < -0.39 is 17.6 Å². The van der Waals surface area contributed by atoms with Crippen LogP contribution in [0.15, 0.2) is 48.5 Å². The van der Waals surface area contributed by atoms with E-state index in [0.29, 0.717) is 16.9 Å². The number of hydrogen-bond acceptors (Lipinski definition) is 4. The molecular formula is C21H24FN3O4. The first-order valence-electron chi connectivity index (χ1n) is 9.02. The Labute approximate surface area is 168 Å². The van der Waals surface area contributed by atoms with E-state index in [1.807, 2.05) is 0 Å². The van der Waals surface area contributed by atoms with Crippen LogP contribution in [-0.4, -0.2) is 30.1 Å². The summed E-state index contributed by atoms with van der Waals surface area (Å²) in [6.45, 7) is 4.96. The zero-order chi connectivity index (χ0) is 21.4. The minimum Gasteiger partial charge on any atom is -0.444 e. The van der Waals surface area contributed by atoms with E-state index in [2.05, 4.69) is 16.0 Å². The number of nitrogens with one attached hydrogen (secondary N) is 3. The van der Waals surface area contributed by atoms with Crippen LogP contribution in [0.25, 0.3) is 0 Å². The van der Waals surface area contributed by atoms with Crippen LogP contribution < -0.4 is 16.0 Å². The minimum absolute atomic E-state index is 0.120. The lowest BCUT2D eigenvalue weighted by Gasteiger charge is -2.19. The van der Waals surface area contributed by atoms with E-state index in [1.54, 1.807) is 57.2 Å². The first-order valence-corrected chi connectivity index (χ1v) is 9.02. The van der Waals surface area contributed by atoms with Gasteiger partial charge in [-0.25, -0.2) is 9.18 Å². The van der Waals surface area contributed by atoms with Gasteiger partial charge in [0.2, 0.25) is 11.8 Å². The maximum absolute atomic E-state index is 12.9. The molecule has 0 aliphatic heterocycles. The quantitative estimate of drug-likeness (QED) is 0.691. The number of halogens is 1. The molecule has 3 amide bonds. The molecule has 0 spiro atoms. The summed E-state index contributed by atoms with van der Waals surface area (Å²) in [6, 6.07) is 12.2. The lowest BCUT2D eigenvalue weighted by Crippen LogP contribution is -2.37. The minimum atomic E-state index is -0.674. The van der Waals surface area contributed by atoms with Crippen LogP contribution in [0, 0.1) is 5.82 Å². The summed E-state index contributed by atoms with van der Waals surface area (Å²) in [5.74, 6) is -1.01.